The van der Waals surface area contributed by atoms with Crippen LogP contribution in [-0.2, 0) is 0 Å². The lowest BCUT2D eigenvalue weighted by atomic mass is 9.65. The van der Waals surface area contributed by atoms with Crippen molar-refractivity contribution in [3.05, 3.63) is 0 Å². The maximum atomic E-state index is 5.50. The molecule has 0 heterocycles. The maximum Gasteiger partial charge on any atom is 0.166 e. The minimum absolute atomic E-state index is 0.396. The average Bonchev–Trinajstić information content (AvgIpc) is 2.29. The molecule has 3 heteroatoms. The molecule has 2 atom stereocenters. The van der Waals surface area contributed by atoms with Crippen LogP contribution >= 0.6 is 12.2 Å². The molecule has 1 rings (SSSR count). The van der Waals surface area contributed by atoms with Crippen molar-refractivity contribution >= 4 is 17.3 Å². The van der Waals surface area contributed by atoms with E-state index in [1.807, 2.05) is 0 Å². The van der Waals surface area contributed by atoms with Crippen LogP contribution in [0.15, 0.2) is 0 Å². The van der Waals surface area contributed by atoms with E-state index in [-0.39, 0.29) is 0 Å². The summed E-state index contributed by atoms with van der Waals surface area (Å²) in [7, 11) is 0. The number of hydrogen-bond donors (Lipinski definition) is 2. The molecule has 0 aromatic carbocycles. The van der Waals surface area contributed by atoms with Gasteiger partial charge < -0.3 is 10.6 Å². The fourth-order valence-corrected chi connectivity index (χ4v) is 4.05. The van der Waals surface area contributed by atoms with E-state index in [2.05, 4.69) is 59.1 Å². The Hall–Kier alpha value is -0.310. The first-order valence-corrected chi connectivity index (χ1v) is 8.70. The van der Waals surface area contributed by atoms with E-state index < -0.39 is 0 Å². The highest BCUT2D eigenvalue weighted by Crippen LogP contribution is 2.40. The normalized spacial score (nSPS) is 30.9. The number of thiocarbonyl (C=S) groups is 1. The number of nitrogens with one attached hydrogen (secondary N) is 2. The third kappa shape index (κ3) is 4.91. The molecule has 2 unspecified atom stereocenters. The van der Waals surface area contributed by atoms with Gasteiger partial charge in [-0.15, -0.1) is 0 Å². The molecule has 0 amide bonds. The molecule has 0 aromatic rings. The van der Waals surface area contributed by atoms with Crippen LogP contribution < -0.4 is 10.6 Å². The molecule has 0 saturated heterocycles. The van der Waals surface area contributed by atoms with Gasteiger partial charge in [-0.25, -0.2) is 0 Å². The molecule has 20 heavy (non-hydrogen) atoms. The summed E-state index contributed by atoms with van der Waals surface area (Å²) in [4.78, 5) is 0. The fraction of sp³-hybridized carbons (Fsp3) is 0.941. The van der Waals surface area contributed by atoms with E-state index in [1.54, 1.807) is 0 Å². The van der Waals surface area contributed by atoms with Crippen molar-refractivity contribution in [2.45, 2.75) is 73.4 Å². The zero-order valence-electron chi connectivity index (χ0n) is 14.4. The Balaban J connectivity index is 2.84. The summed E-state index contributed by atoms with van der Waals surface area (Å²) in [5.41, 5.74) is 0. The van der Waals surface area contributed by atoms with E-state index in [0.29, 0.717) is 23.9 Å². The van der Waals surface area contributed by atoms with Gasteiger partial charge in [0.2, 0.25) is 0 Å². The summed E-state index contributed by atoms with van der Waals surface area (Å²) >= 11 is 5.50. The smallest absolute Gasteiger partial charge is 0.166 e. The Morgan fingerprint density at radius 2 is 1.40 bits per heavy atom. The van der Waals surface area contributed by atoms with Gasteiger partial charge in [0.25, 0.3) is 0 Å². The van der Waals surface area contributed by atoms with Crippen LogP contribution in [0.4, 0.5) is 0 Å². The third-order valence-electron chi connectivity index (χ3n) is 4.70. The lowest BCUT2D eigenvalue weighted by Gasteiger charge is -2.45. The number of hydrogen-bond acceptors (Lipinski definition) is 1. The molecular weight excluding hydrogens is 264 g/mol. The van der Waals surface area contributed by atoms with Crippen molar-refractivity contribution in [1.82, 2.24) is 10.6 Å². The van der Waals surface area contributed by atoms with Gasteiger partial charge >= 0.3 is 0 Å². The highest BCUT2D eigenvalue weighted by molar-refractivity contribution is 7.80. The van der Waals surface area contributed by atoms with Crippen LogP contribution in [0, 0.1) is 29.6 Å². The summed E-state index contributed by atoms with van der Waals surface area (Å²) < 4.78 is 0. The van der Waals surface area contributed by atoms with Crippen LogP contribution in [0.5, 0.6) is 0 Å². The zero-order valence-corrected chi connectivity index (χ0v) is 15.2. The van der Waals surface area contributed by atoms with Crippen molar-refractivity contribution in [1.29, 1.82) is 0 Å². The molecule has 1 saturated carbocycles. The van der Waals surface area contributed by atoms with Gasteiger partial charge in [0.1, 0.15) is 0 Å². The van der Waals surface area contributed by atoms with Crippen LogP contribution in [-0.4, -0.2) is 17.2 Å². The molecule has 1 fully saturated rings. The van der Waals surface area contributed by atoms with E-state index >= 15 is 0 Å². The van der Waals surface area contributed by atoms with Gasteiger partial charge in [0.05, 0.1) is 0 Å². The molecule has 0 radical (unpaired) electrons. The van der Waals surface area contributed by atoms with Gasteiger partial charge in [-0.05, 0) is 68.5 Å². The molecule has 0 bridgehead atoms. The lowest BCUT2D eigenvalue weighted by Crippen LogP contribution is -2.55. The van der Waals surface area contributed by atoms with Crippen molar-refractivity contribution in [2.24, 2.45) is 29.6 Å². The van der Waals surface area contributed by atoms with Crippen molar-refractivity contribution in [2.75, 3.05) is 0 Å². The van der Waals surface area contributed by atoms with Gasteiger partial charge in [0.15, 0.2) is 5.11 Å². The Morgan fingerprint density at radius 1 is 0.950 bits per heavy atom. The molecular formula is C17H34N2S. The summed E-state index contributed by atoms with van der Waals surface area (Å²) in [6.45, 7) is 16.1. The fourth-order valence-electron chi connectivity index (χ4n) is 3.68. The van der Waals surface area contributed by atoms with E-state index in [1.165, 1.54) is 12.8 Å². The first kappa shape index (κ1) is 17.7. The van der Waals surface area contributed by atoms with Crippen LogP contribution in [0.1, 0.15) is 61.3 Å². The van der Waals surface area contributed by atoms with E-state index in [4.69, 9.17) is 12.2 Å². The standard InChI is InChI=1S/C17H34N2S/c1-10(2)14-8-13(7)9-15(11(3)4)16(14)19-17(20)18-12(5)6/h10-16H,8-9H2,1-7H3,(H2,18,19,20). The molecule has 2 nitrogen and oxygen atoms in total. The molecule has 118 valence electrons. The highest BCUT2D eigenvalue weighted by atomic mass is 32.1. The van der Waals surface area contributed by atoms with Crippen LogP contribution in [0.3, 0.4) is 0 Å². The SMILES string of the molecule is CC1CC(C(C)C)C(NC(=S)NC(C)C)C(C(C)C)C1. The molecule has 0 aromatic heterocycles. The predicted molar refractivity (Wildman–Crippen MR) is 92.8 cm³/mol. The Morgan fingerprint density at radius 3 is 1.75 bits per heavy atom. The molecule has 2 N–H and O–H groups in total. The largest absolute Gasteiger partial charge is 0.361 e. The Bertz CT molecular complexity index is 294. The minimum Gasteiger partial charge on any atom is -0.361 e. The van der Waals surface area contributed by atoms with Gasteiger partial charge in [-0.2, -0.15) is 0 Å². The van der Waals surface area contributed by atoms with Gasteiger partial charge in [-0.1, -0.05) is 34.6 Å². The Labute approximate surface area is 131 Å². The lowest BCUT2D eigenvalue weighted by molar-refractivity contribution is 0.0924. The summed E-state index contributed by atoms with van der Waals surface area (Å²) in [5.74, 6) is 3.69. The summed E-state index contributed by atoms with van der Waals surface area (Å²) in [6, 6.07) is 0.914. The molecule has 1 aliphatic carbocycles. The molecule has 0 aliphatic heterocycles. The predicted octanol–water partition coefficient (Wildman–Crippen LogP) is 4.20. The monoisotopic (exact) mass is 298 g/mol. The average molecular weight is 299 g/mol. The Kier molecular flexibility index (Phi) is 6.77. The zero-order chi connectivity index (χ0) is 15.4. The minimum atomic E-state index is 0.396. The van der Waals surface area contributed by atoms with E-state index in [9.17, 15) is 0 Å². The molecule has 0 spiro atoms. The van der Waals surface area contributed by atoms with Crippen molar-refractivity contribution in [3.8, 4) is 0 Å². The summed E-state index contributed by atoms with van der Waals surface area (Å²) in [6.07, 6.45) is 2.64. The van der Waals surface area contributed by atoms with Gasteiger partial charge in [0, 0.05) is 12.1 Å². The first-order chi connectivity index (χ1) is 9.22. The van der Waals surface area contributed by atoms with Crippen molar-refractivity contribution in [3.63, 3.8) is 0 Å². The number of rotatable bonds is 4. The third-order valence-corrected chi connectivity index (χ3v) is 4.94. The topological polar surface area (TPSA) is 24.1 Å². The summed E-state index contributed by atoms with van der Waals surface area (Å²) in [5, 5.41) is 7.82. The van der Waals surface area contributed by atoms with E-state index in [0.717, 1.165) is 22.9 Å². The second-order valence-electron chi connectivity index (χ2n) is 7.69. The van der Waals surface area contributed by atoms with Crippen LogP contribution in [0.2, 0.25) is 0 Å². The quantitative estimate of drug-likeness (QED) is 0.761. The maximum absolute atomic E-state index is 5.50. The highest BCUT2D eigenvalue weighted by Gasteiger charge is 2.39. The second kappa shape index (κ2) is 7.63. The molecule has 1 aliphatic rings. The van der Waals surface area contributed by atoms with Gasteiger partial charge in [-0.3, -0.25) is 0 Å². The second-order valence-corrected chi connectivity index (χ2v) is 8.10. The van der Waals surface area contributed by atoms with Crippen molar-refractivity contribution < 1.29 is 0 Å². The first-order valence-electron chi connectivity index (χ1n) is 8.29. The van der Waals surface area contributed by atoms with Crippen LogP contribution in [0.25, 0.3) is 0 Å².